The Labute approximate surface area is 124 Å². The van der Waals surface area contributed by atoms with Gasteiger partial charge in [-0.05, 0) is 49.6 Å². The molecule has 0 aliphatic rings. The summed E-state index contributed by atoms with van der Waals surface area (Å²) in [6, 6.07) is 7.16. The van der Waals surface area contributed by atoms with Crippen LogP contribution in [-0.4, -0.2) is 0 Å². The molecule has 0 saturated heterocycles. The van der Waals surface area contributed by atoms with E-state index >= 15 is 0 Å². The Hall–Kier alpha value is -0.750. The molecule has 2 nitrogen and oxygen atoms in total. The maximum absolute atomic E-state index is 13.9. The molecule has 102 valence electrons. The standard InChI is InChI=1S/C14H16BrFN2S/c1-8-5-14(19-9(8)2)13(18-17)6-10-3-4-11(15)7-12(10)16/h3-5,7,13,18H,6,17H2,1-2H3. The minimum atomic E-state index is -0.209. The van der Waals surface area contributed by atoms with Gasteiger partial charge in [0.2, 0.25) is 0 Å². The van der Waals surface area contributed by atoms with E-state index < -0.39 is 0 Å². The van der Waals surface area contributed by atoms with Crippen molar-refractivity contribution in [1.29, 1.82) is 0 Å². The Balaban J connectivity index is 2.23. The second-order valence-corrected chi connectivity index (χ2v) is 6.75. The first-order valence-electron chi connectivity index (χ1n) is 5.98. The molecule has 1 heterocycles. The number of nitrogens with one attached hydrogen (secondary N) is 1. The zero-order chi connectivity index (χ0) is 14.0. The fourth-order valence-corrected chi connectivity index (χ4v) is 3.36. The van der Waals surface area contributed by atoms with Crippen molar-refractivity contribution in [3.63, 3.8) is 0 Å². The topological polar surface area (TPSA) is 38.0 Å². The highest BCUT2D eigenvalue weighted by molar-refractivity contribution is 9.10. The second-order valence-electron chi connectivity index (χ2n) is 4.55. The fraction of sp³-hybridized carbons (Fsp3) is 0.286. The van der Waals surface area contributed by atoms with E-state index in [1.807, 2.05) is 6.07 Å². The second kappa shape index (κ2) is 6.13. The first-order chi connectivity index (χ1) is 9.01. The molecule has 0 aliphatic carbocycles. The number of nitrogens with two attached hydrogens (primary N) is 1. The molecule has 1 aromatic heterocycles. The molecule has 0 saturated carbocycles. The highest BCUT2D eigenvalue weighted by Crippen LogP contribution is 2.29. The third-order valence-corrected chi connectivity index (χ3v) is 4.93. The van der Waals surface area contributed by atoms with Crippen molar-refractivity contribution in [2.45, 2.75) is 26.3 Å². The van der Waals surface area contributed by atoms with Gasteiger partial charge in [-0.2, -0.15) is 0 Å². The van der Waals surface area contributed by atoms with Gasteiger partial charge in [-0.3, -0.25) is 11.3 Å². The molecule has 0 amide bonds. The van der Waals surface area contributed by atoms with Crippen molar-refractivity contribution in [1.82, 2.24) is 5.43 Å². The maximum atomic E-state index is 13.9. The van der Waals surface area contributed by atoms with E-state index in [1.54, 1.807) is 17.4 Å². The Morgan fingerprint density at radius 2 is 2.11 bits per heavy atom. The summed E-state index contributed by atoms with van der Waals surface area (Å²) in [5.41, 5.74) is 4.69. The molecule has 2 rings (SSSR count). The Bertz CT molecular complexity index is 563. The molecule has 3 N–H and O–H groups in total. The number of thiophene rings is 1. The molecule has 0 aliphatic heterocycles. The third-order valence-electron chi connectivity index (χ3n) is 3.17. The van der Waals surface area contributed by atoms with Crippen LogP contribution >= 0.6 is 27.3 Å². The lowest BCUT2D eigenvalue weighted by atomic mass is 10.0. The third kappa shape index (κ3) is 3.42. The zero-order valence-electron chi connectivity index (χ0n) is 10.8. The number of hydrazine groups is 1. The van der Waals surface area contributed by atoms with Crippen molar-refractivity contribution in [2.75, 3.05) is 0 Å². The molecule has 0 radical (unpaired) electrons. The van der Waals surface area contributed by atoms with Crippen LogP contribution in [0, 0.1) is 19.7 Å². The summed E-state index contributed by atoms with van der Waals surface area (Å²) in [5.74, 6) is 5.41. The monoisotopic (exact) mass is 342 g/mol. The van der Waals surface area contributed by atoms with Crippen LogP contribution in [0.1, 0.15) is 26.9 Å². The van der Waals surface area contributed by atoms with Crippen LogP contribution < -0.4 is 11.3 Å². The van der Waals surface area contributed by atoms with E-state index in [9.17, 15) is 4.39 Å². The highest BCUT2D eigenvalue weighted by Gasteiger charge is 2.16. The van der Waals surface area contributed by atoms with E-state index in [1.165, 1.54) is 16.5 Å². The minimum absolute atomic E-state index is 0.0620. The number of rotatable bonds is 4. The molecule has 1 unspecified atom stereocenters. The van der Waals surface area contributed by atoms with Crippen molar-refractivity contribution in [2.24, 2.45) is 5.84 Å². The minimum Gasteiger partial charge on any atom is -0.271 e. The molecule has 0 fully saturated rings. The summed E-state index contributed by atoms with van der Waals surface area (Å²) in [4.78, 5) is 2.41. The van der Waals surface area contributed by atoms with Crippen LogP contribution in [0.25, 0.3) is 0 Å². The van der Waals surface area contributed by atoms with Gasteiger partial charge in [-0.25, -0.2) is 4.39 Å². The largest absolute Gasteiger partial charge is 0.271 e. The van der Waals surface area contributed by atoms with Gasteiger partial charge in [-0.15, -0.1) is 11.3 Å². The lowest BCUT2D eigenvalue weighted by Crippen LogP contribution is -2.29. The molecule has 2 aromatic rings. The van der Waals surface area contributed by atoms with Gasteiger partial charge >= 0.3 is 0 Å². The summed E-state index contributed by atoms with van der Waals surface area (Å²) in [6.45, 7) is 4.15. The van der Waals surface area contributed by atoms with Crippen LogP contribution in [0.2, 0.25) is 0 Å². The van der Waals surface area contributed by atoms with Gasteiger partial charge in [0, 0.05) is 14.2 Å². The van der Waals surface area contributed by atoms with Gasteiger partial charge in [0.1, 0.15) is 5.82 Å². The zero-order valence-corrected chi connectivity index (χ0v) is 13.2. The normalized spacial score (nSPS) is 12.7. The summed E-state index contributed by atoms with van der Waals surface area (Å²) < 4.78 is 14.6. The van der Waals surface area contributed by atoms with Gasteiger partial charge < -0.3 is 0 Å². The van der Waals surface area contributed by atoms with Crippen molar-refractivity contribution in [3.8, 4) is 0 Å². The number of aryl methyl sites for hydroxylation is 2. The van der Waals surface area contributed by atoms with Crippen molar-refractivity contribution < 1.29 is 4.39 Å². The molecular weight excluding hydrogens is 327 g/mol. The summed E-state index contributed by atoms with van der Waals surface area (Å²) in [5, 5.41) is 0. The Morgan fingerprint density at radius 3 is 2.63 bits per heavy atom. The number of benzene rings is 1. The lowest BCUT2D eigenvalue weighted by molar-refractivity contribution is 0.535. The van der Waals surface area contributed by atoms with Gasteiger partial charge in [0.25, 0.3) is 0 Å². The average Bonchev–Trinajstić information content (AvgIpc) is 2.68. The summed E-state index contributed by atoms with van der Waals surface area (Å²) in [7, 11) is 0. The summed E-state index contributed by atoms with van der Waals surface area (Å²) >= 11 is 4.96. The van der Waals surface area contributed by atoms with Crippen LogP contribution in [-0.2, 0) is 6.42 Å². The van der Waals surface area contributed by atoms with E-state index in [0.717, 1.165) is 9.35 Å². The van der Waals surface area contributed by atoms with Crippen LogP contribution in [0.5, 0.6) is 0 Å². The van der Waals surface area contributed by atoms with Gasteiger partial charge in [0.05, 0.1) is 6.04 Å². The molecule has 1 aromatic carbocycles. The summed E-state index contributed by atoms with van der Waals surface area (Å²) in [6.07, 6.45) is 0.537. The van der Waals surface area contributed by atoms with Crippen molar-refractivity contribution >= 4 is 27.3 Å². The van der Waals surface area contributed by atoms with Crippen LogP contribution in [0.4, 0.5) is 4.39 Å². The predicted molar refractivity (Wildman–Crippen MR) is 81.7 cm³/mol. The molecular formula is C14H16BrFN2S. The van der Waals surface area contributed by atoms with Gasteiger partial charge in [-0.1, -0.05) is 22.0 Å². The molecule has 1 atom stereocenters. The first kappa shape index (κ1) is 14.7. The van der Waals surface area contributed by atoms with Gasteiger partial charge in [0.15, 0.2) is 0 Å². The molecule has 19 heavy (non-hydrogen) atoms. The Kier molecular flexibility index (Phi) is 4.73. The smallest absolute Gasteiger partial charge is 0.127 e. The van der Waals surface area contributed by atoms with Crippen LogP contribution in [0.3, 0.4) is 0 Å². The number of hydrogen-bond donors (Lipinski definition) is 2. The predicted octanol–water partition coefficient (Wildman–Crippen LogP) is 4.01. The Morgan fingerprint density at radius 1 is 1.37 bits per heavy atom. The molecule has 5 heteroatoms. The maximum Gasteiger partial charge on any atom is 0.127 e. The molecule has 0 spiro atoms. The SMILES string of the molecule is Cc1cc(C(Cc2ccc(Br)cc2F)NN)sc1C. The number of halogens is 2. The van der Waals surface area contributed by atoms with E-state index in [4.69, 9.17) is 5.84 Å². The number of hydrogen-bond acceptors (Lipinski definition) is 3. The van der Waals surface area contributed by atoms with Crippen molar-refractivity contribution in [3.05, 3.63) is 55.4 Å². The fourth-order valence-electron chi connectivity index (χ4n) is 1.92. The first-order valence-corrected chi connectivity index (χ1v) is 7.59. The van der Waals surface area contributed by atoms with E-state index in [2.05, 4.69) is 41.3 Å². The van der Waals surface area contributed by atoms with E-state index in [0.29, 0.717) is 12.0 Å². The quantitative estimate of drug-likeness (QED) is 0.650. The lowest BCUT2D eigenvalue weighted by Gasteiger charge is -2.15. The van der Waals surface area contributed by atoms with E-state index in [-0.39, 0.29) is 11.9 Å². The molecule has 0 bridgehead atoms. The van der Waals surface area contributed by atoms with Crippen LogP contribution in [0.15, 0.2) is 28.7 Å². The highest BCUT2D eigenvalue weighted by atomic mass is 79.9. The average molecular weight is 343 g/mol.